The van der Waals surface area contributed by atoms with E-state index in [0.717, 1.165) is 66.8 Å². The van der Waals surface area contributed by atoms with Gasteiger partial charge in [-0.05, 0) is 70.2 Å². The summed E-state index contributed by atoms with van der Waals surface area (Å²) >= 11 is 0. The van der Waals surface area contributed by atoms with Gasteiger partial charge in [0.1, 0.15) is 33.8 Å². The van der Waals surface area contributed by atoms with Gasteiger partial charge in [0.15, 0.2) is 0 Å². The summed E-state index contributed by atoms with van der Waals surface area (Å²) in [6.45, 7) is 18.3. The van der Waals surface area contributed by atoms with Gasteiger partial charge >= 0.3 is 0 Å². The fraction of sp³-hybridized carbons (Fsp3) is 0.240. The third-order valence-electron chi connectivity index (χ3n) is 11.2. The van der Waals surface area contributed by atoms with Gasteiger partial charge in [-0.3, -0.25) is 9.13 Å². The van der Waals surface area contributed by atoms with Crippen molar-refractivity contribution in [1.82, 2.24) is 19.1 Å². The second-order valence-corrected chi connectivity index (χ2v) is 16.2. The van der Waals surface area contributed by atoms with E-state index in [4.69, 9.17) is 14.4 Å². The summed E-state index contributed by atoms with van der Waals surface area (Å²) in [6, 6.07) is 43.4. The molecule has 0 aliphatic carbocycles. The third kappa shape index (κ3) is 5.51. The Morgan fingerprint density at radius 2 is 0.745 bits per heavy atom. The van der Waals surface area contributed by atoms with E-state index in [9.17, 15) is 0 Å². The minimum Gasteiger partial charge on any atom is -0.456 e. The molecule has 0 atom stereocenters. The van der Waals surface area contributed by atoms with E-state index in [0.29, 0.717) is 23.7 Å². The van der Waals surface area contributed by atoms with E-state index in [1.54, 1.807) is 0 Å². The topological polar surface area (TPSA) is 48.8 Å². The molecule has 3 aromatic heterocycles. The van der Waals surface area contributed by atoms with Gasteiger partial charge in [0, 0.05) is 11.1 Å². The highest BCUT2D eigenvalue weighted by atomic mass is 16.3. The maximum atomic E-state index is 6.74. The fourth-order valence-electron chi connectivity index (χ4n) is 8.58. The summed E-state index contributed by atoms with van der Waals surface area (Å²) in [4.78, 5) is 11.2. The molecule has 5 heteroatoms. The number of rotatable bonds is 8. The molecule has 0 unspecified atom stereocenters. The third-order valence-corrected chi connectivity index (χ3v) is 11.2. The van der Waals surface area contributed by atoms with Crippen LogP contribution in [0.2, 0.25) is 0 Å². The molecule has 274 valence electrons. The number of aromatic nitrogens is 4. The average Bonchev–Trinajstić information content (AvgIpc) is 3.89. The predicted molar refractivity (Wildman–Crippen MR) is 230 cm³/mol. The number of hydrogen-bond donors (Lipinski definition) is 0. The quantitative estimate of drug-likeness (QED) is 0.157. The smallest absolute Gasteiger partial charge is 0.145 e. The Balaban J connectivity index is 1.46. The number of para-hydroxylation sites is 2. The summed E-state index contributed by atoms with van der Waals surface area (Å²) in [7, 11) is 0. The van der Waals surface area contributed by atoms with Gasteiger partial charge in [-0.25, -0.2) is 9.97 Å². The van der Waals surface area contributed by atoms with Crippen LogP contribution in [0, 0.1) is 0 Å². The number of fused-ring (bicyclic) bond motifs is 7. The van der Waals surface area contributed by atoms with Crippen LogP contribution >= 0.6 is 0 Å². The summed E-state index contributed by atoms with van der Waals surface area (Å²) < 4.78 is 11.6. The van der Waals surface area contributed by atoms with Crippen LogP contribution in [0.3, 0.4) is 0 Å². The van der Waals surface area contributed by atoms with Crippen LogP contribution in [0.4, 0.5) is 0 Å². The van der Waals surface area contributed by atoms with Crippen molar-refractivity contribution in [2.24, 2.45) is 0 Å². The Bertz CT molecular complexity index is 2620. The fourth-order valence-corrected chi connectivity index (χ4v) is 8.58. The van der Waals surface area contributed by atoms with Crippen molar-refractivity contribution in [3.05, 3.63) is 144 Å². The van der Waals surface area contributed by atoms with Crippen molar-refractivity contribution in [2.45, 2.75) is 79.1 Å². The minimum atomic E-state index is 0.317. The molecule has 0 amide bonds. The van der Waals surface area contributed by atoms with Gasteiger partial charge in [-0.15, -0.1) is 0 Å². The molecule has 0 saturated carbocycles. The Hall–Kier alpha value is -5.94. The lowest BCUT2D eigenvalue weighted by Crippen LogP contribution is -2.08. The molecule has 55 heavy (non-hydrogen) atoms. The Morgan fingerprint density at radius 1 is 0.400 bits per heavy atom. The molecule has 0 aliphatic rings. The van der Waals surface area contributed by atoms with Gasteiger partial charge < -0.3 is 4.42 Å². The van der Waals surface area contributed by atoms with Gasteiger partial charge in [0.05, 0.1) is 33.2 Å². The maximum Gasteiger partial charge on any atom is 0.145 e. The van der Waals surface area contributed by atoms with Crippen LogP contribution in [0.1, 0.15) is 101 Å². The maximum absolute atomic E-state index is 6.74. The highest BCUT2D eigenvalue weighted by Crippen LogP contribution is 2.45. The summed E-state index contributed by atoms with van der Waals surface area (Å²) in [5, 5.41) is 1.99. The normalized spacial score (nSPS) is 12.3. The van der Waals surface area contributed by atoms with Crippen molar-refractivity contribution >= 4 is 44.0 Å². The van der Waals surface area contributed by atoms with E-state index in [2.05, 4.69) is 186 Å². The zero-order valence-electron chi connectivity index (χ0n) is 33.1. The standard InChI is InChI=1S/C50H48N4O/c1-29(2)35-21-15-22-36(30(3)4)47(35)53-39-25-27-41-43(45(39)51-49(53)33-17-11-9-12-18-33)44-42(55-41)28-26-40-46(44)52-50(34-19-13-10-14-20-34)54(40)48-37(31(5)6)23-16-24-38(48)32(7)8/h9-32H,1-8H3. The number of furan rings is 1. The van der Waals surface area contributed by atoms with Crippen molar-refractivity contribution < 1.29 is 4.42 Å². The number of nitrogens with zero attached hydrogens (tertiary/aromatic N) is 4. The molecular formula is C50H48N4O. The first-order chi connectivity index (χ1) is 26.6. The molecule has 0 spiro atoms. The highest BCUT2D eigenvalue weighted by molar-refractivity contribution is 6.25. The van der Waals surface area contributed by atoms with Crippen LogP contribution in [-0.4, -0.2) is 19.1 Å². The van der Waals surface area contributed by atoms with Gasteiger partial charge in [-0.2, -0.15) is 0 Å². The number of hydrogen-bond acceptors (Lipinski definition) is 3. The van der Waals surface area contributed by atoms with Crippen molar-refractivity contribution in [3.8, 4) is 34.2 Å². The van der Waals surface area contributed by atoms with Crippen LogP contribution in [-0.2, 0) is 0 Å². The molecular weight excluding hydrogens is 673 g/mol. The lowest BCUT2D eigenvalue weighted by atomic mass is 9.92. The van der Waals surface area contributed by atoms with Crippen LogP contribution in [0.25, 0.3) is 78.2 Å². The van der Waals surface area contributed by atoms with Crippen LogP contribution < -0.4 is 0 Å². The molecule has 9 aromatic rings. The van der Waals surface area contributed by atoms with E-state index in [1.807, 2.05) is 0 Å². The van der Waals surface area contributed by atoms with Crippen molar-refractivity contribution in [2.75, 3.05) is 0 Å². The van der Waals surface area contributed by atoms with Gasteiger partial charge in [0.2, 0.25) is 0 Å². The number of benzene rings is 6. The molecule has 0 bridgehead atoms. The van der Waals surface area contributed by atoms with E-state index < -0.39 is 0 Å². The zero-order chi connectivity index (χ0) is 38.1. The summed E-state index contributed by atoms with van der Waals surface area (Å²) in [5.41, 5.74) is 15.3. The molecule has 0 fully saturated rings. The molecule has 6 aromatic carbocycles. The monoisotopic (exact) mass is 720 g/mol. The Labute approximate surface area is 323 Å². The molecule has 3 heterocycles. The highest BCUT2D eigenvalue weighted by Gasteiger charge is 2.28. The lowest BCUT2D eigenvalue weighted by Gasteiger charge is -2.22. The first kappa shape index (κ1) is 34.8. The molecule has 0 N–H and O–H groups in total. The van der Waals surface area contributed by atoms with E-state index >= 15 is 0 Å². The van der Waals surface area contributed by atoms with Crippen molar-refractivity contribution in [3.63, 3.8) is 0 Å². The Morgan fingerprint density at radius 3 is 1.07 bits per heavy atom. The molecule has 0 aliphatic heterocycles. The number of imidazole rings is 2. The minimum absolute atomic E-state index is 0.317. The zero-order valence-corrected chi connectivity index (χ0v) is 33.1. The van der Waals surface area contributed by atoms with E-state index in [1.165, 1.54) is 33.6 Å². The molecule has 5 nitrogen and oxygen atoms in total. The second kappa shape index (κ2) is 13.4. The lowest BCUT2D eigenvalue weighted by molar-refractivity contribution is 0.669. The predicted octanol–water partition coefficient (Wildman–Crippen LogP) is 14.1. The largest absolute Gasteiger partial charge is 0.456 e. The van der Waals surface area contributed by atoms with Crippen LogP contribution in [0.15, 0.2) is 126 Å². The van der Waals surface area contributed by atoms with Crippen molar-refractivity contribution in [1.29, 1.82) is 0 Å². The van der Waals surface area contributed by atoms with Gasteiger partial charge in [-0.1, -0.05) is 152 Å². The first-order valence-corrected chi connectivity index (χ1v) is 19.8. The molecule has 9 rings (SSSR count). The van der Waals surface area contributed by atoms with Gasteiger partial charge in [0.25, 0.3) is 0 Å². The Kier molecular flexibility index (Phi) is 8.49. The van der Waals surface area contributed by atoms with Crippen LogP contribution in [0.5, 0.6) is 0 Å². The molecule has 0 saturated heterocycles. The second-order valence-electron chi connectivity index (χ2n) is 16.2. The van der Waals surface area contributed by atoms with E-state index in [-0.39, 0.29) is 0 Å². The first-order valence-electron chi connectivity index (χ1n) is 19.8. The summed E-state index contributed by atoms with van der Waals surface area (Å²) in [6.07, 6.45) is 0. The molecule has 0 radical (unpaired) electrons. The SMILES string of the molecule is CC(C)c1cccc(C(C)C)c1-n1c(-c2ccccc2)nc2c3c(ccc21)oc1ccc2c(nc(-c4ccccc4)n2-c2c(C(C)C)cccc2C(C)C)c13. The summed E-state index contributed by atoms with van der Waals surface area (Å²) in [5.74, 6) is 3.11. The average molecular weight is 721 g/mol.